The van der Waals surface area contributed by atoms with Crippen LogP contribution in [0.15, 0.2) is 109 Å². The molecule has 0 aromatic heterocycles. The van der Waals surface area contributed by atoms with E-state index in [1.54, 1.807) is 24.3 Å². The Hall–Kier alpha value is -0.827. The summed E-state index contributed by atoms with van der Waals surface area (Å²) in [5, 5.41) is 5.55. The van der Waals surface area contributed by atoms with Crippen LogP contribution in [0.1, 0.15) is 86.1 Å². The molecule has 9 heteroatoms. The summed E-state index contributed by atoms with van der Waals surface area (Å²) in [6, 6.07) is 36.2. The van der Waals surface area contributed by atoms with Crippen LogP contribution in [0.2, 0.25) is 0 Å². The van der Waals surface area contributed by atoms with E-state index in [0.717, 1.165) is 14.3 Å². The number of hydrogen-bond donors (Lipinski definition) is 0. The van der Waals surface area contributed by atoms with Crippen LogP contribution in [0.25, 0.3) is 21.5 Å². The molecule has 0 aliphatic heterocycles. The van der Waals surface area contributed by atoms with Crippen molar-refractivity contribution in [1.29, 1.82) is 0 Å². The van der Waals surface area contributed by atoms with Gasteiger partial charge < -0.3 is 0 Å². The molecule has 0 amide bonds. The normalized spacial score (nSPS) is 12.2. The first-order valence-electron chi connectivity index (χ1n) is 16.7. The third kappa shape index (κ3) is 11.4. The van der Waals surface area contributed by atoms with Crippen molar-refractivity contribution in [3.8, 4) is 0 Å². The summed E-state index contributed by atoms with van der Waals surface area (Å²) >= 11 is 32.5. The molecule has 0 radical (unpaired) electrons. The molecule has 0 nitrogen and oxygen atoms in total. The van der Waals surface area contributed by atoms with Crippen molar-refractivity contribution in [3.63, 3.8) is 0 Å². The zero-order valence-electron chi connectivity index (χ0n) is 30.4. The molecule has 0 aliphatic carbocycles. The van der Waals surface area contributed by atoms with Gasteiger partial charge in [0.1, 0.15) is 0 Å². The summed E-state index contributed by atoms with van der Waals surface area (Å²) in [6.07, 6.45) is 0. The summed E-state index contributed by atoms with van der Waals surface area (Å²) in [7, 11) is 12.7. The first kappa shape index (κ1) is 43.9. The molecule has 0 N–H and O–H groups in total. The van der Waals surface area contributed by atoms with Crippen LogP contribution < -0.4 is 0 Å². The number of rotatable bonds is 2. The smallest absolute Gasteiger partial charge is 0.172 e. The van der Waals surface area contributed by atoms with Crippen molar-refractivity contribution in [1.82, 2.24) is 0 Å². The van der Waals surface area contributed by atoms with Gasteiger partial charge in [0.15, 0.2) is 0 Å². The first-order valence-corrected chi connectivity index (χ1v) is 26.5. The van der Waals surface area contributed by atoms with Crippen molar-refractivity contribution in [3.05, 3.63) is 154 Å². The maximum Gasteiger partial charge on any atom is -0.172 e. The van der Waals surface area contributed by atoms with Gasteiger partial charge in [0.05, 0.1) is 0 Å². The second-order valence-electron chi connectivity index (χ2n) is 14.9. The second-order valence-corrected chi connectivity index (χ2v) is 27.6. The van der Waals surface area contributed by atoms with Crippen LogP contribution in [0, 0.1) is 13.8 Å². The van der Waals surface area contributed by atoms with Crippen LogP contribution >= 0.6 is 86.6 Å². The standard InChI is InChI=1S/C23H29.C15H8Cl6.C5H5.2ClH.Zr/c1-14-9-16-11-17-10-15(2)21(23(6,7)8)13-19(17)18(16)12-20(14)22(3,4)5;16-14(17,18)12-5-1-10(2-6-12)9-11-3-7-13(8-4-11)15(19,20)21;1-2-4-5-3-1;;;/h9-13H,1-8H3;1-8H;1-5H;2*1H;/q-1;;-1;;;+2/p-2. The van der Waals surface area contributed by atoms with Gasteiger partial charge in [-0.15, -0.1) is 39.7 Å². The molecule has 0 unspecified atom stereocenters. The van der Waals surface area contributed by atoms with Crippen molar-refractivity contribution >= 4 is 111 Å². The minimum Gasteiger partial charge on any atom is -0.214 e. The molecular formula is C43H42Cl8Zr-2. The van der Waals surface area contributed by atoms with E-state index in [2.05, 4.69) is 85.7 Å². The molecule has 0 aliphatic rings. The van der Waals surface area contributed by atoms with Crippen molar-refractivity contribution in [2.45, 2.75) is 73.8 Å². The fourth-order valence-electron chi connectivity index (χ4n) is 6.31. The minimum atomic E-state index is -2.79. The SMILES string of the molecule is Cc1cc2[cH-]c3cc(C)c(C(C)(C)C)cc3c2cc1C(C)(C)C.[Cl][Zr]([Cl])=[C](c1ccc(C(Cl)(Cl)Cl)cc1)c1ccc(C(Cl)(Cl)Cl)cc1.c1cc[cH-]c1. The van der Waals surface area contributed by atoms with Gasteiger partial charge in [0, 0.05) is 0 Å². The molecule has 52 heavy (non-hydrogen) atoms. The first-order chi connectivity index (χ1) is 24.0. The zero-order chi connectivity index (χ0) is 38.8. The Balaban J connectivity index is 0.000000205. The molecule has 0 saturated heterocycles. The van der Waals surface area contributed by atoms with Gasteiger partial charge >= 0.3 is 187 Å². The molecule has 6 aromatic rings. The average molecular weight is 934 g/mol. The van der Waals surface area contributed by atoms with Crippen molar-refractivity contribution in [2.24, 2.45) is 0 Å². The largest absolute Gasteiger partial charge is 0.214 e. The summed E-state index contributed by atoms with van der Waals surface area (Å²) in [6.45, 7) is 18.3. The number of aryl methyl sites for hydroxylation is 2. The number of hydrogen-bond acceptors (Lipinski definition) is 0. The summed E-state index contributed by atoms with van der Waals surface area (Å²) in [5.41, 5.74) is 8.96. The Morgan fingerprint density at radius 2 is 0.885 bits per heavy atom. The van der Waals surface area contributed by atoms with Gasteiger partial charge in [-0.2, -0.15) is 18.2 Å². The fraction of sp³-hybridized carbons (Fsp3) is 0.279. The van der Waals surface area contributed by atoms with E-state index in [9.17, 15) is 0 Å². The second kappa shape index (κ2) is 17.5. The minimum absolute atomic E-state index is 0.180. The topological polar surface area (TPSA) is 0 Å². The predicted molar refractivity (Wildman–Crippen MR) is 232 cm³/mol. The third-order valence-corrected chi connectivity index (χ3v) is 14.7. The fourth-order valence-corrected chi connectivity index (χ4v) is 11.5. The number of benzene rings is 4. The van der Waals surface area contributed by atoms with Crippen LogP contribution in [0.5, 0.6) is 0 Å². The molecule has 6 rings (SSSR count). The van der Waals surface area contributed by atoms with Gasteiger partial charge in [-0.1, -0.05) is 75.9 Å². The number of fused-ring (bicyclic) bond motifs is 3. The number of halogens is 8. The van der Waals surface area contributed by atoms with Gasteiger partial charge in [-0.3, -0.25) is 0 Å². The van der Waals surface area contributed by atoms with E-state index in [4.69, 9.17) is 86.6 Å². The molecule has 0 bridgehead atoms. The molecule has 0 atom stereocenters. The van der Waals surface area contributed by atoms with Gasteiger partial charge in [0.25, 0.3) is 0 Å². The Morgan fingerprint density at radius 3 is 1.13 bits per heavy atom. The molecule has 0 fully saturated rings. The molecule has 0 heterocycles. The third-order valence-electron chi connectivity index (χ3n) is 8.76. The molecular weight excluding hydrogens is 891 g/mol. The average Bonchev–Trinajstić information content (AvgIpc) is 3.71. The molecule has 276 valence electrons. The van der Waals surface area contributed by atoms with E-state index < -0.39 is 26.5 Å². The maximum atomic E-state index is 6.34. The Morgan fingerprint density at radius 1 is 0.538 bits per heavy atom. The molecule has 0 saturated carbocycles. The van der Waals surface area contributed by atoms with Crippen LogP contribution in [0.3, 0.4) is 0 Å². The van der Waals surface area contributed by atoms with E-state index >= 15 is 0 Å². The Bertz CT molecular complexity index is 1980. The summed E-state index contributed by atoms with van der Waals surface area (Å²) < 4.78 is -2.06. The van der Waals surface area contributed by atoms with Gasteiger partial charge in [0.2, 0.25) is 0 Å². The van der Waals surface area contributed by atoms with E-state index in [-0.39, 0.29) is 10.8 Å². The summed E-state index contributed by atoms with van der Waals surface area (Å²) in [4.78, 5) is 0. The van der Waals surface area contributed by atoms with Crippen molar-refractivity contribution in [2.75, 3.05) is 0 Å². The monoisotopic (exact) mass is 928 g/mol. The van der Waals surface area contributed by atoms with Crippen LogP contribution in [-0.4, -0.2) is 3.21 Å². The van der Waals surface area contributed by atoms with E-state index in [0.29, 0.717) is 11.1 Å². The van der Waals surface area contributed by atoms with E-state index in [1.165, 1.54) is 43.8 Å². The van der Waals surface area contributed by atoms with Gasteiger partial charge in [-0.05, 0) is 24.7 Å². The zero-order valence-corrected chi connectivity index (χ0v) is 38.9. The van der Waals surface area contributed by atoms with Gasteiger partial charge in [-0.25, -0.2) is 12.1 Å². The number of alkyl halides is 6. The quantitative estimate of drug-likeness (QED) is 0.120. The molecule has 0 spiro atoms. The van der Waals surface area contributed by atoms with Crippen molar-refractivity contribution < 1.29 is 18.9 Å². The Kier molecular flexibility index (Phi) is 14.8. The van der Waals surface area contributed by atoms with Crippen LogP contribution in [-0.2, 0) is 37.3 Å². The predicted octanol–water partition coefficient (Wildman–Crippen LogP) is 16.2. The summed E-state index contributed by atoms with van der Waals surface area (Å²) in [5.74, 6) is 0. The van der Waals surface area contributed by atoms with E-state index in [1.807, 2.05) is 54.6 Å². The maximum absolute atomic E-state index is 6.34. The Labute approximate surface area is 354 Å². The molecule has 6 aromatic carbocycles. The van der Waals surface area contributed by atoms with Crippen LogP contribution in [0.4, 0.5) is 0 Å².